The Hall–Kier alpha value is -2.74. The summed E-state index contributed by atoms with van der Waals surface area (Å²) >= 11 is 0. The Morgan fingerprint density at radius 3 is 2.45 bits per heavy atom. The number of anilines is 2. The van der Waals surface area contributed by atoms with Crippen molar-refractivity contribution in [1.29, 1.82) is 0 Å². The summed E-state index contributed by atoms with van der Waals surface area (Å²) in [5.41, 5.74) is 2.01. The van der Waals surface area contributed by atoms with Gasteiger partial charge in [-0.3, -0.25) is 9.52 Å². The van der Waals surface area contributed by atoms with E-state index in [9.17, 15) is 13.2 Å². The average molecular weight is 475 g/mol. The second-order valence-electron chi connectivity index (χ2n) is 9.69. The molecular formula is C25H34N2O5S. The lowest BCUT2D eigenvalue weighted by atomic mass is 9.92. The highest BCUT2D eigenvalue weighted by Crippen LogP contribution is 2.39. The molecule has 0 atom stereocenters. The third kappa shape index (κ3) is 5.27. The van der Waals surface area contributed by atoms with Gasteiger partial charge in [0.15, 0.2) is 0 Å². The molecule has 0 saturated carbocycles. The average Bonchev–Trinajstić information content (AvgIpc) is 2.82. The van der Waals surface area contributed by atoms with Crippen molar-refractivity contribution in [3.05, 3.63) is 41.5 Å². The van der Waals surface area contributed by atoms with E-state index in [4.69, 9.17) is 9.47 Å². The fourth-order valence-electron chi connectivity index (χ4n) is 3.66. The predicted octanol–water partition coefficient (Wildman–Crippen LogP) is 4.91. The van der Waals surface area contributed by atoms with Gasteiger partial charge in [-0.1, -0.05) is 13.8 Å². The van der Waals surface area contributed by atoms with Gasteiger partial charge >= 0.3 is 0 Å². The first-order valence-corrected chi connectivity index (χ1v) is 12.6. The fourth-order valence-corrected chi connectivity index (χ4v) is 4.95. The summed E-state index contributed by atoms with van der Waals surface area (Å²) in [4.78, 5) is 15.1. The lowest BCUT2D eigenvalue weighted by molar-refractivity contribution is -0.127. The van der Waals surface area contributed by atoms with Crippen LogP contribution in [-0.4, -0.2) is 34.6 Å². The number of benzene rings is 2. The van der Waals surface area contributed by atoms with E-state index >= 15 is 0 Å². The number of amides is 1. The molecule has 180 valence electrons. The molecule has 2 aromatic carbocycles. The number of carbonyl (C=O) groups excluding carboxylic acids is 1. The molecule has 0 unspecified atom stereocenters. The number of hydrogen-bond donors (Lipinski definition) is 1. The maximum Gasteiger partial charge on any atom is 0.265 e. The van der Waals surface area contributed by atoms with Gasteiger partial charge in [0.1, 0.15) is 23.0 Å². The second kappa shape index (κ2) is 9.25. The van der Waals surface area contributed by atoms with Crippen molar-refractivity contribution < 1.29 is 22.7 Å². The van der Waals surface area contributed by atoms with Gasteiger partial charge in [-0.2, -0.15) is 0 Å². The smallest absolute Gasteiger partial charge is 0.265 e. The lowest BCUT2D eigenvalue weighted by Crippen LogP contribution is -2.42. The molecule has 1 aliphatic rings. The summed E-state index contributed by atoms with van der Waals surface area (Å²) in [5, 5.41) is 0. The number of aryl methyl sites for hydroxylation is 2. The Balaban J connectivity index is 2.02. The summed E-state index contributed by atoms with van der Waals surface area (Å²) in [7, 11) is -2.48. The molecule has 1 heterocycles. The summed E-state index contributed by atoms with van der Waals surface area (Å²) < 4.78 is 40.4. The van der Waals surface area contributed by atoms with Crippen molar-refractivity contribution in [2.45, 2.75) is 52.9 Å². The van der Waals surface area contributed by atoms with Crippen LogP contribution in [0.15, 0.2) is 35.2 Å². The van der Waals surface area contributed by atoms with Gasteiger partial charge in [-0.05, 0) is 81.5 Å². The van der Waals surface area contributed by atoms with Crippen LogP contribution in [0.3, 0.4) is 0 Å². The lowest BCUT2D eigenvalue weighted by Gasteiger charge is -2.28. The van der Waals surface area contributed by atoms with Crippen molar-refractivity contribution in [2.24, 2.45) is 11.3 Å². The van der Waals surface area contributed by atoms with Crippen molar-refractivity contribution >= 4 is 27.3 Å². The number of rotatable bonds is 7. The molecule has 7 nitrogen and oxygen atoms in total. The molecule has 3 rings (SSSR count). The Bertz CT molecular complexity index is 1160. The molecule has 33 heavy (non-hydrogen) atoms. The van der Waals surface area contributed by atoms with E-state index in [0.717, 1.165) is 17.5 Å². The summed E-state index contributed by atoms with van der Waals surface area (Å²) in [5.74, 6) is 1.20. The molecule has 0 radical (unpaired) electrons. The van der Waals surface area contributed by atoms with Crippen molar-refractivity contribution in [2.75, 3.05) is 29.9 Å². The summed E-state index contributed by atoms with van der Waals surface area (Å²) in [6.45, 7) is 12.5. The molecule has 0 fully saturated rings. The quantitative estimate of drug-likeness (QED) is 0.616. The number of fused-ring (bicyclic) bond motifs is 1. The minimum absolute atomic E-state index is 0.0438. The van der Waals surface area contributed by atoms with E-state index in [0.29, 0.717) is 29.6 Å². The van der Waals surface area contributed by atoms with Crippen molar-refractivity contribution in [3.63, 3.8) is 0 Å². The minimum atomic E-state index is -3.93. The number of nitrogens with zero attached hydrogens (tertiary/aromatic N) is 1. The molecule has 1 aliphatic heterocycles. The van der Waals surface area contributed by atoms with Crippen LogP contribution >= 0.6 is 0 Å². The SMILES string of the molecule is COc1cc(C)c(C)cc1S(=O)(=O)Nc1ccc2c(c1)N(CCC(C)C)C(=O)C(C)(C)CO2. The minimum Gasteiger partial charge on any atom is -0.495 e. The molecule has 1 amide bonds. The van der Waals surface area contributed by atoms with Gasteiger partial charge in [-0.25, -0.2) is 8.42 Å². The zero-order valence-electron chi connectivity index (χ0n) is 20.5. The van der Waals surface area contributed by atoms with Crippen LogP contribution in [-0.2, 0) is 14.8 Å². The molecule has 0 bridgehead atoms. The molecule has 0 spiro atoms. The third-order valence-corrected chi connectivity index (χ3v) is 7.32. The second-order valence-corrected chi connectivity index (χ2v) is 11.3. The first-order chi connectivity index (χ1) is 15.4. The van der Waals surface area contributed by atoms with Crippen LogP contribution in [0.1, 0.15) is 45.2 Å². The standard InChI is InChI=1S/C25H34N2O5S/c1-16(2)10-11-27-20-14-19(8-9-21(20)32-15-25(5,6)24(27)28)26-33(29,30)23-13-18(4)17(3)12-22(23)31-7/h8-9,12-14,16,26H,10-11,15H2,1-7H3. The molecule has 0 aromatic heterocycles. The van der Waals surface area contributed by atoms with Crippen LogP contribution in [0.25, 0.3) is 0 Å². The molecule has 0 saturated heterocycles. The van der Waals surface area contributed by atoms with Gasteiger partial charge in [0.2, 0.25) is 5.91 Å². The summed E-state index contributed by atoms with van der Waals surface area (Å²) in [6.07, 6.45) is 0.817. The first kappa shape index (κ1) is 24.9. The van der Waals surface area contributed by atoms with Crippen LogP contribution in [0, 0.1) is 25.2 Å². The van der Waals surface area contributed by atoms with Gasteiger partial charge in [0.05, 0.1) is 23.9 Å². The highest BCUT2D eigenvalue weighted by molar-refractivity contribution is 7.92. The highest BCUT2D eigenvalue weighted by Gasteiger charge is 2.38. The Morgan fingerprint density at radius 2 is 1.82 bits per heavy atom. The van der Waals surface area contributed by atoms with Gasteiger partial charge < -0.3 is 14.4 Å². The Morgan fingerprint density at radius 1 is 1.15 bits per heavy atom. The van der Waals surface area contributed by atoms with Gasteiger partial charge in [-0.15, -0.1) is 0 Å². The number of nitrogens with one attached hydrogen (secondary N) is 1. The number of carbonyl (C=O) groups is 1. The fraction of sp³-hybridized carbons (Fsp3) is 0.480. The first-order valence-electron chi connectivity index (χ1n) is 11.1. The molecule has 0 aliphatic carbocycles. The highest BCUT2D eigenvalue weighted by atomic mass is 32.2. The number of sulfonamides is 1. The van der Waals surface area contributed by atoms with Gasteiger partial charge in [0, 0.05) is 6.54 Å². The van der Waals surface area contributed by atoms with Crippen LogP contribution in [0.2, 0.25) is 0 Å². The molecule has 8 heteroatoms. The van der Waals surface area contributed by atoms with Crippen molar-refractivity contribution in [3.8, 4) is 11.5 Å². The van der Waals surface area contributed by atoms with E-state index in [1.54, 1.807) is 35.2 Å². The number of hydrogen-bond acceptors (Lipinski definition) is 5. The maximum absolute atomic E-state index is 13.3. The predicted molar refractivity (Wildman–Crippen MR) is 131 cm³/mol. The van der Waals surface area contributed by atoms with E-state index < -0.39 is 15.4 Å². The van der Waals surface area contributed by atoms with E-state index in [-0.39, 0.29) is 23.2 Å². The molecular weight excluding hydrogens is 440 g/mol. The monoisotopic (exact) mass is 474 g/mol. The Labute approximate surface area is 197 Å². The summed E-state index contributed by atoms with van der Waals surface area (Å²) in [6, 6.07) is 8.34. The van der Waals surface area contributed by atoms with Crippen molar-refractivity contribution in [1.82, 2.24) is 0 Å². The van der Waals surface area contributed by atoms with E-state index in [2.05, 4.69) is 18.6 Å². The van der Waals surface area contributed by atoms with Crippen LogP contribution in [0.5, 0.6) is 11.5 Å². The van der Waals surface area contributed by atoms with Crippen LogP contribution < -0.4 is 19.1 Å². The maximum atomic E-state index is 13.3. The zero-order chi connectivity index (χ0) is 24.6. The third-order valence-electron chi connectivity index (χ3n) is 5.91. The van der Waals surface area contributed by atoms with Crippen LogP contribution in [0.4, 0.5) is 11.4 Å². The zero-order valence-corrected chi connectivity index (χ0v) is 21.3. The largest absolute Gasteiger partial charge is 0.495 e. The number of methoxy groups -OCH3 is 1. The van der Waals surface area contributed by atoms with E-state index in [1.807, 2.05) is 27.7 Å². The molecule has 2 aromatic rings. The topological polar surface area (TPSA) is 84.9 Å². The Kier molecular flexibility index (Phi) is 6.98. The normalized spacial score (nSPS) is 15.6. The number of ether oxygens (including phenoxy) is 2. The van der Waals surface area contributed by atoms with Gasteiger partial charge in [0.25, 0.3) is 10.0 Å². The van der Waals surface area contributed by atoms with E-state index in [1.165, 1.54) is 7.11 Å². The molecule has 1 N–H and O–H groups in total.